The Balaban J connectivity index is 0.000000212. The molecular weight excluding hydrogens is 927 g/mol. The van der Waals surface area contributed by atoms with Gasteiger partial charge in [-0.1, -0.05) is 34.7 Å². The Hall–Kier alpha value is -4.58. The molecule has 0 unspecified atom stereocenters. The van der Waals surface area contributed by atoms with E-state index in [0.717, 1.165) is 12.1 Å². The fourth-order valence-corrected chi connectivity index (χ4v) is 11.0. The largest absolute Gasteiger partial charge is 2.00 e. The molecule has 2 saturated carbocycles. The number of ketones is 4. The van der Waals surface area contributed by atoms with Crippen LogP contribution >= 0.6 is 23.2 Å². The third-order valence-corrected chi connectivity index (χ3v) is 13.9. The van der Waals surface area contributed by atoms with Crippen LogP contribution in [0.5, 0.6) is 11.5 Å². The normalized spacial score (nSPS) is 31.6. The third-order valence-electron chi connectivity index (χ3n) is 13.2. The predicted molar refractivity (Wildman–Crippen MR) is 222 cm³/mol. The summed E-state index contributed by atoms with van der Waals surface area (Å²) >= 11 is 12.4. The molecule has 0 spiro atoms. The number of hydrogen-bond donors (Lipinski definition) is 10. The van der Waals surface area contributed by atoms with Crippen molar-refractivity contribution in [1.29, 1.82) is 0 Å². The molecule has 0 saturated heterocycles. The molecule has 340 valence electrons. The number of Topliss-reactive ketones (excluding diaryl/α,β-unsaturated/α-hetero) is 4. The number of amides is 2. The number of hydrogen-bond acceptors (Lipinski definition) is 18. The molecule has 6 aliphatic rings. The molecule has 6 aliphatic carbocycles. The number of fused-ring (bicyclic) bond motifs is 6. The minimum atomic E-state index is -2.88. The van der Waals surface area contributed by atoms with E-state index >= 15 is 0 Å². The van der Waals surface area contributed by atoms with Crippen LogP contribution < -0.4 is 21.7 Å². The molecule has 2 amide bonds. The third kappa shape index (κ3) is 6.83. The van der Waals surface area contributed by atoms with Crippen LogP contribution in [0.15, 0.2) is 58.1 Å². The van der Waals surface area contributed by atoms with Gasteiger partial charge < -0.3 is 62.5 Å². The van der Waals surface area contributed by atoms with Crippen LogP contribution in [0.2, 0.25) is 10.0 Å². The maximum atomic E-state index is 13.5. The topological polar surface area (TPSA) is 369 Å². The molecule has 12 N–H and O–H groups in total. The van der Waals surface area contributed by atoms with Gasteiger partial charge in [0.2, 0.25) is 0 Å². The summed E-state index contributed by atoms with van der Waals surface area (Å²) < 4.78 is 0. The van der Waals surface area contributed by atoms with E-state index in [9.17, 15) is 79.8 Å². The predicted octanol–water partition coefficient (Wildman–Crippen LogP) is -2.56. The van der Waals surface area contributed by atoms with Crippen LogP contribution in [0.3, 0.4) is 0 Å². The SMILES string of the molecule is CN(C)[C@@H]1C(=O)C(C(N)=O)=C([O-])[C@@]2(O)C(=O)C3=C(O)c4c(O)ccc(Cl)c4[C@@H](O)[C@H]3C[C@@H]12.CN(C)[C@@H]1C(=O)C(C(N)=O)=C([O-])[C@@]2(O)C(=O)C3=C(O)c4c(O)ccc(Cl)c4[C@@H](O)[C@H]3C[C@@H]12.[Ca+2]. The molecule has 0 heterocycles. The van der Waals surface area contributed by atoms with Crippen molar-refractivity contribution in [3.8, 4) is 11.5 Å². The molecular formula is C42H40CaCl2N4O16. The number of nitrogens with two attached hydrogens (primary N) is 2. The molecule has 65 heavy (non-hydrogen) atoms. The summed E-state index contributed by atoms with van der Waals surface area (Å²) in [4.78, 5) is 79.3. The van der Waals surface area contributed by atoms with E-state index < -0.39 is 151 Å². The van der Waals surface area contributed by atoms with Crippen LogP contribution in [0.4, 0.5) is 0 Å². The summed E-state index contributed by atoms with van der Waals surface area (Å²) in [6, 6.07) is 2.37. The molecule has 20 nitrogen and oxygen atoms in total. The summed E-state index contributed by atoms with van der Waals surface area (Å²) in [6.45, 7) is 0. The molecule has 0 radical (unpaired) electrons. The van der Waals surface area contributed by atoms with Crippen molar-refractivity contribution in [1.82, 2.24) is 9.80 Å². The van der Waals surface area contributed by atoms with Crippen LogP contribution in [0, 0.1) is 23.7 Å². The minimum absolute atomic E-state index is 0. The van der Waals surface area contributed by atoms with Gasteiger partial charge in [0, 0.05) is 56.0 Å². The van der Waals surface area contributed by atoms with Crippen LogP contribution in [-0.2, 0) is 28.8 Å². The molecule has 0 bridgehead atoms. The van der Waals surface area contributed by atoms with E-state index in [1.165, 1.54) is 50.1 Å². The maximum Gasteiger partial charge on any atom is 2.00 e. The first kappa shape index (κ1) is 49.8. The standard InChI is InChI=1S/2C21H21ClN2O8.Ca/c2*1-24(2)14-7-5-6-10(16(27)12-9(25)4-3-8(22)11(12)15(6)26)18(29)21(7,32)19(30)13(17(14)28)20(23)31;/h2*3-4,6-7,14-15,25-27,30,32H,5H2,1-2H3,(H2,23,31);/q;;+2/p-2/t2*6-,7-,14-,15-,21-;/m00./s1. The number of aliphatic hydroxyl groups excluding tert-OH is 4. The summed E-state index contributed by atoms with van der Waals surface area (Å²) in [5.74, 6) is -17.5. The molecule has 23 heteroatoms. The molecule has 2 aromatic carbocycles. The van der Waals surface area contributed by atoms with Gasteiger partial charge in [-0.3, -0.25) is 38.6 Å². The van der Waals surface area contributed by atoms with Gasteiger partial charge in [0.15, 0.2) is 23.1 Å². The molecule has 0 aliphatic heterocycles. The van der Waals surface area contributed by atoms with E-state index in [1.807, 2.05) is 0 Å². The molecule has 0 aromatic heterocycles. The Morgan fingerprint density at radius 3 is 1.23 bits per heavy atom. The fraction of sp³-hybridized carbons (Fsp3) is 0.381. The number of rotatable bonds is 4. The summed E-state index contributed by atoms with van der Waals surface area (Å²) in [7, 11) is 5.86. The van der Waals surface area contributed by atoms with Crippen molar-refractivity contribution < 1.29 is 79.8 Å². The van der Waals surface area contributed by atoms with Gasteiger partial charge in [-0.25, -0.2) is 0 Å². The zero-order chi connectivity index (χ0) is 47.7. The van der Waals surface area contributed by atoms with Crippen molar-refractivity contribution >= 4 is 107 Å². The Kier molecular flexibility index (Phi) is 13.0. The van der Waals surface area contributed by atoms with Crippen molar-refractivity contribution in [3.63, 3.8) is 0 Å². The number of carbonyl (C=O) groups is 6. The summed E-state index contributed by atoms with van der Waals surface area (Å²) in [6.07, 6.45) is -3.53. The van der Waals surface area contributed by atoms with E-state index in [4.69, 9.17) is 34.7 Å². The number of primary amides is 2. The number of benzene rings is 2. The van der Waals surface area contributed by atoms with Crippen LogP contribution in [0.1, 0.15) is 47.3 Å². The molecule has 2 aromatic rings. The second-order valence-corrected chi connectivity index (χ2v) is 17.7. The average molecular weight is 968 g/mol. The van der Waals surface area contributed by atoms with E-state index in [2.05, 4.69) is 0 Å². The van der Waals surface area contributed by atoms with E-state index in [0.29, 0.717) is 0 Å². The van der Waals surface area contributed by atoms with Gasteiger partial charge in [0.1, 0.15) is 34.2 Å². The first-order valence-corrected chi connectivity index (χ1v) is 20.1. The van der Waals surface area contributed by atoms with Crippen LogP contribution in [0.25, 0.3) is 11.5 Å². The number of halogens is 2. The first-order valence-electron chi connectivity index (χ1n) is 19.3. The van der Waals surface area contributed by atoms with Crippen LogP contribution in [-0.4, -0.2) is 175 Å². The fourth-order valence-electron chi connectivity index (χ4n) is 10.4. The Morgan fingerprint density at radius 2 is 0.954 bits per heavy atom. The Bertz CT molecular complexity index is 2500. The summed E-state index contributed by atoms with van der Waals surface area (Å²) in [5.41, 5.74) is 1.01. The van der Waals surface area contributed by atoms with Gasteiger partial charge >= 0.3 is 37.7 Å². The Morgan fingerprint density at radius 1 is 0.646 bits per heavy atom. The smallest absolute Gasteiger partial charge is 0.873 e. The minimum Gasteiger partial charge on any atom is -0.873 e. The zero-order valence-corrected chi connectivity index (χ0v) is 38.4. The average Bonchev–Trinajstić information content (AvgIpc) is 3.19. The number of phenolic OH excluding ortho intramolecular Hbond substituents is 2. The quantitative estimate of drug-likeness (QED) is 0.111. The van der Waals surface area contributed by atoms with Gasteiger partial charge in [-0.15, -0.1) is 0 Å². The van der Waals surface area contributed by atoms with Gasteiger partial charge in [-0.2, -0.15) is 0 Å². The van der Waals surface area contributed by atoms with Crippen molar-refractivity contribution in [2.24, 2.45) is 35.1 Å². The number of aliphatic hydroxyl groups is 6. The van der Waals surface area contributed by atoms with Crippen molar-refractivity contribution in [3.05, 3.63) is 90.4 Å². The van der Waals surface area contributed by atoms with Gasteiger partial charge in [0.05, 0.1) is 46.6 Å². The summed E-state index contributed by atoms with van der Waals surface area (Å²) in [5, 5.41) is 113. The Labute approximate surface area is 407 Å². The molecule has 8 rings (SSSR count). The first-order chi connectivity index (χ1) is 29.7. The number of likely N-dealkylation sites (N-methyl/N-ethyl adjacent to an activating group) is 2. The number of aromatic hydroxyl groups is 2. The van der Waals surface area contributed by atoms with E-state index in [-0.39, 0.29) is 82.9 Å². The molecule has 10 atom stereocenters. The zero-order valence-electron chi connectivity index (χ0n) is 34.7. The molecule has 2 fully saturated rings. The van der Waals surface area contributed by atoms with Gasteiger partial charge in [0.25, 0.3) is 11.8 Å². The van der Waals surface area contributed by atoms with Crippen molar-refractivity contribution in [2.45, 2.75) is 48.3 Å². The monoisotopic (exact) mass is 966 g/mol. The second kappa shape index (κ2) is 16.9. The number of carbonyl (C=O) groups excluding carboxylic acids is 6. The van der Waals surface area contributed by atoms with Crippen molar-refractivity contribution in [2.75, 3.05) is 28.2 Å². The van der Waals surface area contributed by atoms with Gasteiger partial charge in [-0.05, 0) is 65.3 Å². The number of phenols is 2. The maximum absolute atomic E-state index is 13.5. The number of nitrogens with zero attached hydrogens (tertiary/aromatic N) is 2. The second-order valence-electron chi connectivity index (χ2n) is 16.9. The van der Waals surface area contributed by atoms with E-state index in [1.54, 1.807) is 0 Å².